The average molecular weight is 971 g/mol. The Labute approximate surface area is 381 Å². The highest BCUT2D eigenvalue weighted by Crippen LogP contribution is 2.38. The monoisotopic (exact) mass is 970 g/mol. The van der Waals surface area contributed by atoms with Crippen LogP contribution in [0.5, 0.6) is 0 Å². The first-order valence-corrected chi connectivity index (χ1v) is 24.8. The van der Waals surface area contributed by atoms with E-state index in [1.807, 2.05) is 30.3 Å². The second kappa shape index (κ2) is 18.5. The molecule has 0 saturated carbocycles. The highest BCUT2D eigenvalue weighted by atomic mass is 32.2. The number of sulfone groups is 1. The summed E-state index contributed by atoms with van der Waals surface area (Å²) >= 11 is 1.38. The summed E-state index contributed by atoms with van der Waals surface area (Å²) in [5, 5.41) is 5.11. The van der Waals surface area contributed by atoms with Gasteiger partial charge in [0, 0.05) is 72.5 Å². The molecule has 5 aliphatic rings. The lowest BCUT2D eigenvalue weighted by molar-refractivity contribution is -0.136. The van der Waals surface area contributed by atoms with Crippen LogP contribution in [0.2, 0.25) is 0 Å². The zero-order valence-corrected chi connectivity index (χ0v) is 37.2. The summed E-state index contributed by atoms with van der Waals surface area (Å²) in [7, 11) is -11.0. The van der Waals surface area contributed by atoms with Crippen LogP contribution in [-0.2, 0) is 36.0 Å². The maximum Gasteiger partial charge on any atom is 0.501 e. The maximum absolute atomic E-state index is 15.7. The summed E-state index contributed by atoms with van der Waals surface area (Å²) in [5.41, 5.74) is -6.36. The third kappa shape index (κ3) is 9.59. The van der Waals surface area contributed by atoms with Gasteiger partial charge in [0.25, 0.3) is 37.6 Å². The van der Waals surface area contributed by atoms with Crippen LogP contribution in [0, 0.1) is 5.82 Å². The van der Waals surface area contributed by atoms with Crippen molar-refractivity contribution in [2.75, 3.05) is 30.7 Å². The molecule has 0 spiro atoms. The number of fused-ring (bicyclic) bond motifs is 4. The number of halogens is 4. The molecule has 15 nitrogen and oxygen atoms in total. The topological polar surface area (TPSA) is 199 Å². The second-order valence-corrected chi connectivity index (χ2v) is 21.1. The Morgan fingerprint density at radius 3 is 2.09 bits per heavy atom. The number of piperazine rings is 1. The third-order valence-corrected chi connectivity index (χ3v) is 16.2. The van der Waals surface area contributed by atoms with E-state index in [1.54, 1.807) is 10.8 Å². The molecule has 4 fully saturated rings. The fraction of sp³-hybridized carbons (Fsp3) is 0.341. The molecule has 4 aromatic rings. The Hall–Kier alpha value is -5.68. The van der Waals surface area contributed by atoms with Crippen LogP contribution in [0.15, 0.2) is 106 Å². The number of nitrogens with one attached hydrogen (secondary N) is 3. The predicted octanol–water partition coefficient (Wildman–Crippen LogP) is 4.95. The smallest absolute Gasteiger partial charge is 0.380 e. The molecule has 22 heteroatoms. The van der Waals surface area contributed by atoms with Crippen molar-refractivity contribution in [2.45, 2.75) is 83.0 Å². The van der Waals surface area contributed by atoms with E-state index in [4.69, 9.17) is 0 Å². The van der Waals surface area contributed by atoms with Crippen LogP contribution in [0.4, 0.5) is 23.2 Å². The van der Waals surface area contributed by atoms with Crippen molar-refractivity contribution in [1.29, 1.82) is 0 Å². The highest BCUT2D eigenvalue weighted by molar-refractivity contribution is 7.99. The first-order valence-electron chi connectivity index (χ1n) is 20.8. The van der Waals surface area contributed by atoms with E-state index in [0.29, 0.717) is 32.1 Å². The molecule has 0 radical (unpaired) electrons. The number of imide groups is 2. The van der Waals surface area contributed by atoms with E-state index < -0.39 is 88.3 Å². The van der Waals surface area contributed by atoms with E-state index >= 15 is 4.39 Å². The van der Waals surface area contributed by atoms with Crippen molar-refractivity contribution in [2.24, 2.45) is 0 Å². The van der Waals surface area contributed by atoms with Crippen molar-refractivity contribution in [3.63, 3.8) is 0 Å². The normalized spacial score (nSPS) is 20.8. The summed E-state index contributed by atoms with van der Waals surface area (Å²) in [6.07, 6.45) is 1.75. The number of benzene rings is 4. The number of carbonyl (C=O) groups excluding carboxylic acids is 5. The average Bonchev–Trinajstić information content (AvgIpc) is 3.51. The number of amides is 5. The van der Waals surface area contributed by atoms with E-state index in [-0.39, 0.29) is 59.5 Å². The van der Waals surface area contributed by atoms with Gasteiger partial charge in [-0.1, -0.05) is 36.4 Å². The maximum atomic E-state index is 15.7. The van der Waals surface area contributed by atoms with Crippen LogP contribution in [0.25, 0.3) is 0 Å². The Kier molecular flexibility index (Phi) is 13.2. The number of alkyl halides is 3. The van der Waals surface area contributed by atoms with Gasteiger partial charge in [-0.2, -0.15) is 13.2 Å². The zero-order valence-electron chi connectivity index (χ0n) is 34.8. The summed E-state index contributed by atoms with van der Waals surface area (Å²) in [6.45, 7) is 1.56. The molecule has 3 unspecified atom stereocenters. The molecule has 0 aliphatic carbocycles. The van der Waals surface area contributed by atoms with Crippen LogP contribution < -0.4 is 15.4 Å². The van der Waals surface area contributed by atoms with Gasteiger partial charge in [-0.3, -0.25) is 44.0 Å². The van der Waals surface area contributed by atoms with E-state index in [9.17, 15) is 54.0 Å². The Morgan fingerprint density at radius 2 is 1.45 bits per heavy atom. The number of nitrogens with zero attached hydrogens (tertiary/aromatic N) is 3. The molecular weight excluding hydrogens is 929 g/mol. The fourth-order valence-corrected chi connectivity index (χ4v) is 11.8. The van der Waals surface area contributed by atoms with Gasteiger partial charge in [-0.25, -0.2) is 25.9 Å². The van der Waals surface area contributed by atoms with Crippen LogP contribution in [-0.4, -0.2) is 116 Å². The SMILES string of the molecule is O=C1CCC(N2C(=O)c3cc(F)c(CN4CC5CCC4CN5CC[C@H](CSc4ccccc4)Nc4ccc(S(=O)(=O)NC(=O)c5ccccc5)cc4S(=O)(=O)C(F)(F)F)cc3C2=O)C(=O)N1. The molecule has 9 rings (SSSR count). The molecule has 5 amide bonds. The van der Waals surface area contributed by atoms with E-state index in [0.717, 1.165) is 40.8 Å². The first kappa shape index (κ1) is 46.8. The minimum absolute atomic E-state index is 0.0297. The molecular formula is C44H42F4N6O9S3. The number of rotatable bonds is 15. The van der Waals surface area contributed by atoms with Crippen molar-refractivity contribution >= 4 is 66.8 Å². The van der Waals surface area contributed by atoms with Crippen molar-refractivity contribution in [3.8, 4) is 0 Å². The lowest BCUT2D eigenvalue weighted by Gasteiger charge is -2.52. The van der Waals surface area contributed by atoms with Gasteiger partial charge in [0.05, 0.1) is 21.7 Å². The number of hydrogen-bond donors (Lipinski definition) is 3. The van der Waals surface area contributed by atoms with E-state index in [2.05, 4.69) is 20.4 Å². The summed E-state index contributed by atoms with van der Waals surface area (Å²) in [6, 6.07) is 19.0. The standard InChI is InChI=1S/C44H42F4N6O9S3/c45-35-21-34-33(42(58)54(43(34)59)37-15-16-39(55)50-41(37)57)19-27(35)22-53-24-29-11-12-30(53)23-52(29)18-17-28(25-64-31-9-5-2-6-10-31)49-36-14-13-32(20-38(36)65(60,61)44(46,47)48)66(62,63)51-40(56)26-7-3-1-4-8-26/h1-10,13-14,19-21,28-30,37,49H,11-12,15-18,22-25H2,(H,51,56)(H,50,55,57)/t28-,29?,30?,37?/m1/s1. The van der Waals surface area contributed by atoms with E-state index in [1.165, 1.54) is 42.1 Å². The van der Waals surface area contributed by atoms with Gasteiger partial charge < -0.3 is 5.32 Å². The van der Waals surface area contributed by atoms with Gasteiger partial charge in [0.1, 0.15) is 16.8 Å². The molecule has 66 heavy (non-hydrogen) atoms. The van der Waals surface area contributed by atoms with Gasteiger partial charge in [0.2, 0.25) is 11.8 Å². The highest BCUT2D eigenvalue weighted by Gasteiger charge is 2.49. The Balaban J connectivity index is 0.982. The lowest BCUT2D eigenvalue weighted by Crippen LogP contribution is -2.62. The molecule has 0 aromatic heterocycles. The number of thioether (sulfide) groups is 1. The first-order chi connectivity index (χ1) is 31.3. The third-order valence-electron chi connectivity index (χ3n) is 12.2. The summed E-state index contributed by atoms with van der Waals surface area (Å²) < 4.78 is 113. The quantitative estimate of drug-likeness (QED) is 0.0823. The number of sulfonamides is 1. The lowest BCUT2D eigenvalue weighted by atomic mass is 9.89. The molecule has 5 aliphatic heterocycles. The summed E-state index contributed by atoms with van der Waals surface area (Å²) in [5.74, 6) is -4.37. The van der Waals surface area contributed by atoms with Gasteiger partial charge >= 0.3 is 5.51 Å². The molecule has 4 saturated heterocycles. The molecule has 4 aromatic carbocycles. The number of hydrogen-bond acceptors (Lipinski definition) is 13. The molecule has 4 atom stereocenters. The van der Waals surface area contributed by atoms with Crippen LogP contribution in [0.1, 0.15) is 68.7 Å². The Morgan fingerprint density at radius 1 is 0.818 bits per heavy atom. The van der Waals surface area contributed by atoms with Crippen molar-refractivity contribution < 1.29 is 58.4 Å². The van der Waals surface area contributed by atoms with Crippen LogP contribution in [0.3, 0.4) is 0 Å². The minimum Gasteiger partial charge on any atom is -0.380 e. The van der Waals surface area contributed by atoms with Crippen LogP contribution >= 0.6 is 11.8 Å². The van der Waals surface area contributed by atoms with Gasteiger partial charge in [-0.15, -0.1) is 11.8 Å². The minimum atomic E-state index is -6.14. The van der Waals surface area contributed by atoms with Crippen molar-refractivity contribution in [3.05, 3.63) is 119 Å². The van der Waals surface area contributed by atoms with Crippen molar-refractivity contribution in [1.82, 2.24) is 24.7 Å². The largest absolute Gasteiger partial charge is 0.501 e. The zero-order chi connectivity index (χ0) is 47.1. The molecule has 348 valence electrons. The van der Waals surface area contributed by atoms with Gasteiger partial charge in [0.15, 0.2) is 0 Å². The molecule has 5 heterocycles. The Bertz CT molecular complexity index is 2820. The number of piperidine rings is 3. The van der Waals surface area contributed by atoms with Gasteiger partial charge in [-0.05, 0) is 80.3 Å². The molecule has 3 N–H and O–H groups in total. The summed E-state index contributed by atoms with van der Waals surface area (Å²) in [4.78, 5) is 67.3. The number of anilines is 1. The fourth-order valence-electron chi connectivity index (χ4n) is 8.76. The second-order valence-electron chi connectivity index (χ2n) is 16.4. The number of carbonyl (C=O) groups is 5. The molecule has 2 bridgehead atoms. The predicted molar refractivity (Wildman–Crippen MR) is 232 cm³/mol.